The minimum absolute atomic E-state index is 0. The van der Waals surface area contributed by atoms with Gasteiger partial charge in [0.2, 0.25) is 0 Å². The van der Waals surface area contributed by atoms with Gasteiger partial charge in [-0.15, -0.1) is 24.8 Å². The number of benzene rings is 1. The Morgan fingerprint density at radius 1 is 0.811 bits per heavy atom. The van der Waals surface area contributed by atoms with E-state index in [1.54, 1.807) is 0 Å². The number of morpholine rings is 1. The zero-order valence-corrected chi connectivity index (χ0v) is 25.7. The van der Waals surface area contributed by atoms with Gasteiger partial charge in [0.25, 0.3) is 0 Å². The van der Waals surface area contributed by atoms with E-state index in [-0.39, 0.29) is 24.8 Å². The zero-order valence-electron chi connectivity index (χ0n) is 24.0. The van der Waals surface area contributed by atoms with Crippen LogP contribution in [-0.2, 0) is 11.2 Å². The van der Waals surface area contributed by atoms with Gasteiger partial charge in [-0.3, -0.25) is 4.90 Å². The molecule has 0 bridgehead atoms. The van der Waals surface area contributed by atoms with Gasteiger partial charge in [0.05, 0.1) is 19.8 Å². The normalized spacial score (nSPS) is 14.5. The maximum Gasteiger partial charge on any atom is 0.119 e. The average molecular weight is 562 g/mol. The van der Waals surface area contributed by atoms with Crippen molar-refractivity contribution < 1.29 is 9.47 Å². The predicted molar refractivity (Wildman–Crippen MR) is 165 cm³/mol. The number of unbranched alkanes of at least 4 members (excludes halogenated alkanes) is 11. The standard InChI is InChI=1S/C31H56N2O2.2ClH/c1-3-4-5-6-7-8-9-10-11-12-13-14-26-35-31-20-18-30(19-21-31)17-16-29(2)32-22-15-23-33-24-27-34-28-25-33;;/h18-21,29,32H,3-17,22-28H2,1-2H3;2*1H. The molecule has 0 aromatic heterocycles. The molecule has 4 nitrogen and oxygen atoms in total. The van der Waals surface area contributed by atoms with E-state index in [9.17, 15) is 0 Å². The first-order valence-electron chi connectivity index (χ1n) is 15.0. The lowest BCUT2D eigenvalue weighted by Crippen LogP contribution is -2.38. The maximum absolute atomic E-state index is 5.97. The molecule has 1 aromatic rings. The van der Waals surface area contributed by atoms with Crippen LogP contribution in [0.3, 0.4) is 0 Å². The third-order valence-electron chi connectivity index (χ3n) is 7.30. The Labute approximate surface area is 241 Å². The first-order chi connectivity index (χ1) is 17.3. The molecular formula is C31H58Cl2N2O2. The van der Waals surface area contributed by atoms with Crippen LogP contribution in [0.15, 0.2) is 24.3 Å². The molecule has 2 rings (SSSR count). The number of hydrogen-bond donors (Lipinski definition) is 1. The lowest BCUT2D eigenvalue weighted by atomic mass is 10.1. The highest BCUT2D eigenvalue weighted by atomic mass is 35.5. The summed E-state index contributed by atoms with van der Waals surface area (Å²) in [4.78, 5) is 2.51. The summed E-state index contributed by atoms with van der Waals surface area (Å²) in [5, 5.41) is 3.69. The summed E-state index contributed by atoms with van der Waals surface area (Å²) < 4.78 is 11.4. The number of rotatable bonds is 22. The van der Waals surface area contributed by atoms with E-state index < -0.39 is 0 Å². The second-order valence-corrected chi connectivity index (χ2v) is 10.6. The molecule has 1 aliphatic heterocycles. The van der Waals surface area contributed by atoms with Crippen molar-refractivity contribution in [1.82, 2.24) is 10.2 Å². The van der Waals surface area contributed by atoms with Crippen LogP contribution >= 0.6 is 24.8 Å². The Bertz CT molecular complexity index is 597. The van der Waals surface area contributed by atoms with E-state index >= 15 is 0 Å². The van der Waals surface area contributed by atoms with Gasteiger partial charge in [0.1, 0.15) is 5.75 Å². The molecule has 37 heavy (non-hydrogen) atoms. The summed E-state index contributed by atoms with van der Waals surface area (Å²) >= 11 is 0. The largest absolute Gasteiger partial charge is 0.494 e. The molecule has 0 spiro atoms. The quantitative estimate of drug-likeness (QED) is 0.145. The number of aryl methyl sites for hydroxylation is 1. The van der Waals surface area contributed by atoms with Gasteiger partial charge in [0, 0.05) is 19.1 Å². The van der Waals surface area contributed by atoms with Crippen LogP contribution in [0.1, 0.15) is 109 Å². The lowest BCUT2D eigenvalue weighted by molar-refractivity contribution is 0.0374. The Balaban J connectivity index is 0.00000648. The molecule has 6 heteroatoms. The number of nitrogens with zero attached hydrogens (tertiary/aromatic N) is 1. The topological polar surface area (TPSA) is 33.7 Å². The van der Waals surface area contributed by atoms with Crippen LogP contribution in [0.5, 0.6) is 5.75 Å². The van der Waals surface area contributed by atoms with Crippen LogP contribution in [0, 0.1) is 0 Å². The first kappa shape index (κ1) is 36.5. The number of hydrogen-bond acceptors (Lipinski definition) is 4. The summed E-state index contributed by atoms with van der Waals surface area (Å²) in [6.07, 6.45) is 20.1. The van der Waals surface area contributed by atoms with Crippen LogP contribution < -0.4 is 10.1 Å². The minimum atomic E-state index is 0. The molecule has 1 N–H and O–H groups in total. The molecule has 1 saturated heterocycles. The first-order valence-corrected chi connectivity index (χ1v) is 15.0. The van der Waals surface area contributed by atoms with Crippen LogP contribution in [0.25, 0.3) is 0 Å². The van der Waals surface area contributed by atoms with Crippen molar-refractivity contribution in [3.63, 3.8) is 0 Å². The van der Waals surface area contributed by atoms with Gasteiger partial charge in [-0.05, 0) is 63.4 Å². The lowest BCUT2D eigenvalue weighted by Gasteiger charge is -2.26. The van der Waals surface area contributed by atoms with Gasteiger partial charge in [-0.25, -0.2) is 0 Å². The van der Waals surface area contributed by atoms with Crippen molar-refractivity contribution in [2.45, 2.75) is 116 Å². The monoisotopic (exact) mass is 560 g/mol. The van der Waals surface area contributed by atoms with E-state index in [1.165, 1.54) is 102 Å². The molecule has 0 aliphatic carbocycles. The fourth-order valence-corrected chi connectivity index (χ4v) is 4.85. The maximum atomic E-state index is 5.97. The number of halogens is 2. The van der Waals surface area contributed by atoms with E-state index in [1.807, 2.05) is 0 Å². The van der Waals surface area contributed by atoms with Crippen molar-refractivity contribution >= 4 is 24.8 Å². The van der Waals surface area contributed by atoms with E-state index in [0.29, 0.717) is 6.04 Å². The molecule has 1 aliphatic rings. The summed E-state index contributed by atoms with van der Waals surface area (Å²) in [5.74, 6) is 1.02. The third-order valence-corrected chi connectivity index (χ3v) is 7.30. The molecule has 1 unspecified atom stereocenters. The fraction of sp³-hybridized carbons (Fsp3) is 0.806. The Hall–Kier alpha value is -0.520. The number of nitrogens with one attached hydrogen (secondary N) is 1. The van der Waals surface area contributed by atoms with Crippen LogP contribution in [0.2, 0.25) is 0 Å². The molecule has 0 radical (unpaired) electrons. The highest BCUT2D eigenvalue weighted by Crippen LogP contribution is 2.16. The Morgan fingerprint density at radius 2 is 1.38 bits per heavy atom. The Kier molecular flexibility index (Phi) is 25.4. The summed E-state index contributed by atoms with van der Waals surface area (Å²) in [5.41, 5.74) is 1.41. The molecule has 1 fully saturated rings. The smallest absolute Gasteiger partial charge is 0.119 e. The van der Waals surface area contributed by atoms with E-state index in [0.717, 1.165) is 51.6 Å². The van der Waals surface area contributed by atoms with Gasteiger partial charge in [0.15, 0.2) is 0 Å². The van der Waals surface area contributed by atoms with Gasteiger partial charge in [-0.2, -0.15) is 0 Å². The minimum Gasteiger partial charge on any atom is -0.494 e. The van der Waals surface area contributed by atoms with Crippen molar-refractivity contribution in [1.29, 1.82) is 0 Å². The average Bonchev–Trinajstić information content (AvgIpc) is 2.89. The predicted octanol–water partition coefficient (Wildman–Crippen LogP) is 8.24. The van der Waals surface area contributed by atoms with Crippen molar-refractivity contribution in [3.8, 4) is 5.75 Å². The van der Waals surface area contributed by atoms with E-state index in [2.05, 4.69) is 48.3 Å². The molecule has 1 heterocycles. The van der Waals surface area contributed by atoms with Crippen LogP contribution in [0.4, 0.5) is 0 Å². The molecule has 1 atom stereocenters. The molecule has 1 aromatic carbocycles. The summed E-state index contributed by atoms with van der Waals surface area (Å²) in [6, 6.07) is 9.33. The van der Waals surface area contributed by atoms with Gasteiger partial charge in [-0.1, -0.05) is 89.7 Å². The SMILES string of the molecule is CCCCCCCCCCCCCCOc1ccc(CCC(C)NCCCN2CCOCC2)cc1.Cl.Cl. The molecule has 218 valence electrons. The summed E-state index contributed by atoms with van der Waals surface area (Å²) in [7, 11) is 0. The van der Waals surface area contributed by atoms with Gasteiger partial charge >= 0.3 is 0 Å². The van der Waals surface area contributed by atoms with Crippen molar-refractivity contribution in [2.75, 3.05) is 46.0 Å². The van der Waals surface area contributed by atoms with Crippen molar-refractivity contribution in [3.05, 3.63) is 29.8 Å². The van der Waals surface area contributed by atoms with E-state index in [4.69, 9.17) is 9.47 Å². The number of ether oxygens (including phenoxy) is 2. The van der Waals surface area contributed by atoms with Crippen molar-refractivity contribution in [2.24, 2.45) is 0 Å². The molecular weight excluding hydrogens is 503 g/mol. The molecule has 0 saturated carbocycles. The van der Waals surface area contributed by atoms with Gasteiger partial charge < -0.3 is 14.8 Å². The fourth-order valence-electron chi connectivity index (χ4n) is 4.85. The third kappa shape index (κ3) is 20.1. The summed E-state index contributed by atoms with van der Waals surface area (Å²) in [6.45, 7) is 11.7. The second-order valence-electron chi connectivity index (χ2n) is 10.6. The highest BCUT2D eigenvalue weighted by molar-refractivity contribution is 5.85. The second kappa shape index (κ2) is 25.7. The Morgan fingerprint density at radius 3 is 1.97 bits per heavy atom. The van der Waals surface area contributed by atoms with Crippen LogP contribution in [-0.4, -0.2) is 56.9 Å². The molecule has 0 amide bonds. The highest BCUT2D eigenvalue weighted by Gasteiger charge is 2.09. The zero-order chi connectivity index (χ0) is 24.8.